The van der Waals surface area contributed by atoms with Gasteiger partial charge in [-0.15, -0.1) is 0 Å². The molecule has 0 aliphatic rings. The Hall–Kier alpha value is -3.08. The van der Waals surface area contributed by atoms with Crippen molar-refractivity contribution < 1.29 is 4.79 Å². The summed E-state index contributed by atoms with van der Waals surface area (Å²) in [5, 5.41) is 6.93. The minimum atomic E-state index is -0.344. The van der Waals surface area contributed by atoms with Crippen molar-refractivity contribution in [1.29, 1.82) is 0 Å². The van der Waals surface area contributed by atoms with E-state index in [2.05, 4.69) is 10.6 Å². The highest BCUT2D eigenvalue weighted by Crippen LogP contribution is 2.20. The van der Waals surface area contributed by atoms with E-state index < -0.39 is 0 Å². The van der Waals surface area contributed by atoms with E-state index >= 15 is 0 Å². The molecule has 0 fully saturated rings. The van der Waals surface area contributed by atoms with Crippen LogP contribution in [0.5, 0.6) is 0 Å². The molecule has 5 heteroatoms. The maximum Gasteiger partial charge on any atom is 0.323 e. The molecule has 0 atom stereocenters. The molecule has 0 spiro atoms. The Morgan fingerprint density at radius 3 is 2.26 bits per heavy atom. The summed E-state index contributed by atoms with van der Waals surface area (Å²) in [7, 11) is 1.67. The molecule has 5 nitrogen and oxygen atoms in total. The van der Waals surface area contributed by atoms with Gasteiger partial charge in [0.1, 0.15) is 0 Å². The molecule has 0 saturated carbocycles. The molecule has 116 valence electrons. The number of aryl methyl sites for hydroxylation is 2. The highest BCUT2D eigenvalue weighted by Gasteiger charge is 2.10. The van der Waals surface area contributed by atoms with Gasteiger partial charge in [-0.2, -0.15) is 0 Å². The van der Waals surface area contributed by atoms with Crippen LogP contribution in [0.2, 0.25) is 0 Å². The van der Waals surface area contributed by atoms with E-state index in [1.54, 1.807) is 25.4 Å². The van der Waals surface area contributed by atoms with Gasteiger partial charge in [0, 0.05) is 29.7 Å². The summed E-state index contributed by atoms with van der Waals surface area (Å²) >= 11 is 0. The Morgan fingerprint density at radius 1 is 0.913 bits per heavy atom. The summed E-state index contributed by atoms with van der Waals surface area (Å²) in [4.78, 5) is 24.4. The number of rotatable bonds is 2. The third kappa shape index (κ3) is 2.94. The Labute approximate surface area is 133 Å². The van der Waals surface area contributed by atoms with Crippen molar-refractivity contribution in [2.75, 3.05) is 10.6 Å². The number of nitrogens with zero attached hydrogens (tertiary/aromatic N) is 1. The highest BCUT2D eigenvalue weighted by molar-refractivity contribution is 6.06. The van der Waals surface area contributed by atoms with E-state index in [1.165, 1.54) is 4.57 Å². The van der Waals surface area contributed by atoms with Crippen LogP contribution in [0.15, 0.2) is 59.5 Å². The molecule has 2 amide bonds. The molecule has 3 rings (SSSR count). The van der Waals surface area contributed by atoms with Gasteiger partial charge in [0.25, 0.3) is 5.56 Å². The van der Waals surface area contributed by atoms with E-state index in [1.807, 2.05) is 43.3 Å². The van der Waals surface area contributed by atoms with Crippen molar-refractivity contribution in [2.45, 2.75) is 6.92 Å². The molecule has 0 unspecified atom stereocenters. The molecule has 0 aliphatic carbocycles. The lowest BCUT2D eigenvalue weighted by Crippen LogP contribution is -2.23. The van der Waals surface area contributed by atoms with Gasteiger partial charge >= 0.3 is 6.03 Å². The van der Waals surface area contributed by atoms with Gasteiger partial charge in [0.05, 0.1) is 5.69 Å². The fourth-order valence-electron chi connectivity index (χ4n) is 2.50. The van der Waals surface area contributed by atoms with Gasteiger partial charge in [0.15, 0.2) is 0 Å². The molecule has 3 aromatic rings. The standard InChI is InChI=1S/C18H17N3O2/c1-12-7-3-6-10-15(12)19-18(23)20-16-11-21(2)17(22)14-9-5-4-8-13(14)16/h3-11H,1-2H3,(H2,19,20,23). The molecule has 0 aliphatic heterocycles. The summed E-state index contributed by atoms with van der Waals surface area (Å²) in [5.74, 6) is 0. The number of aromatic nitrogens is 1. The van der Waals surface area contributed by atoms with E-state index in [0.29, 0.717) is 11.1 Å². The number of hydrogen-bond donors (Lipinski definition) is 2. The number of urea groups is 1. The number of nitrogens with one attached hydrogen (secondary N) is 2. The molecular weight excluding hydrogens is 290 g/mol. The second-order valence-electron chi connectivity index (χ2n) is 5.40. The summed E-state index contributed by atoms with van der Waals surface area (Å²) < 4.78 is 1.46. The minimum Gasteiger partial charge on any atom is -0.316 e. The van der Waals surface area contributed by atoms with Gasteiger partial charge in [-0.3, -0.25) is 4.79 Å². The van der Waals surface area contributed by atoms with Crippen molar-refractivity contribution in [3.63, 3.8) is 0 Å². The second-order valence-corrected chi connectivity index (χ2v) is 5.40. The molecule has 0 saturated heterocycles. The predicted molar refractivity (Wildman–Crippen MR) is 93.0 cm³/mol. The summed E-state index contributed by atoms with van der Waals surface area (Å²) in [6.07, 6.45) is 1.63. The third-order valence-corrected chi connectivity index (χ3v) is 3.73. The summed E-state index contributed by atoms with van der Waals surface area (Å²) in [5.41, 5.74) is 2.23. The molecule has 0 bridgehead atoms. The monoisotopic (exact) mass is 307 g/mol. The van der Waals surface area contributed by atoms with Crippen molar-refractivity contribution in [1.82, 2.24) is 4.57 Å². The van der Waals surface area contributed by atoms with Gasteiger partial charge in [-0.1, -0.05) is 36.4 Å². The lowest BCUT2D eigenvalue weighted by Gasteiger charge is -2.12. The van der Waals surface area contributed by atoms with E-state index in [-0.39, 0.29) is 11.6 Å². The molecule has 1 heterocycles. The molecule has 23 heavy (non-hydrogen) atoms. The van der Waals surface area contributed by atoms with Crippen molar-refractivity contribution in [3.8, 4) is 0 Å². The average Bonchev–Trinajstić information content (AvgIpc) is 2.54. The molecule has 2 aromatic carbocycles. The van der Waals surface area contributed by atoms with Crippen LogP contribution < -0.4 is 16.2 Å². The fourth-order valence-corrected chi connectivity index (χ4v) is 2.50. The van der Waals surface area contributed by atoms with Crippen LogP contribution in [0.25, 0.3) is 10.8 Å². The Balaban J connectivity index is 1.93. The Bertz CT molecular complexity index is 944. The van der Waals surface area contributed by atoms with Crippen LogP contribution in [0.1, 0.15) is 5.56 Å². The van der Waals surface area contributed by atoms with Crippen LogP contribution in [0, 0.1) is 6.92 Å². The number of pyridine rings is 1. The number of fused-ring (bicyclic) bond motifs is 1. The number of carbonyl (C=O) groups is 1. The van der Waals surface area contributed by atoms with Crippen LogP contribution in [-0.2, 0) is 7.05 Å². The van der Waals surface area contributed by atoms with E-state index in [0.717, 1.165) is 16.6 Å². The van der Waals surface area contributed by atoms with Crippen molar-refractivity contribution in [3.05, 3.63) is 70.6 Å². The summed E-state index contributed by atoms with van der Waals surface area (Å²) in [6, 6.07) is 14.4. The number of para-hydroxylation sites is 1. The maximum atomic E-state index is 12.3. The van der Waals surface area contributed by atoms with Gasteiger partial charge in [0.2, 0.25) is 0 Å². The minimum absolute atomic E-state index is 0.0922. The molecule has 1 aromatic heterocycles. The number of hydrogen-bond acceptors (Lipinski definition) is 2. The zero-order valence-electron chi connectivity index (χ0n) is 13.0. The first-order valence-electron chi connectivity index (χ1n) is 7.28. The van der Waals surface area contributed by atoms with Crippen LogP contribution in [0.3, 0.4) is 0 Å². The highest BCUT2D eigenvalue weighted by atomic mass is 16.2. The number of anilines is 2. The first-order chi connectivity index (χ1) is 11.1. The number of carbonyl (C=O) groups excluding carboxylic acids is 1. The fraction of sp³-hybridized carbons (Fsp3) is 0.111. The summed E-state index contributed by atoms with van der Waals surface area (Å²) in [6.45, 7) is 1.93. The van der Waals surface area contributed by atoms with Crippen LogP contribution in [0.4, 0.5) is 16.2 Å². The molecule has 0 radical (unpaired) electrons. The normalized spacial score (nSPS) is 10.5. The Morgan fingerprint density at radius 2 is 1.52 bits per heavy atom. The van der Waals surface area contributed by atoms with Crippen molar-refractivity contribution >= 4 is 28.2 Å². The second kappa shape index (κ2) is 5.96. The lowest BCUT2D eigenvalue weighted by molar-refractivity contribution is 0.262. The van der Waals surface area contributed by atoms with E-state index in [9.17, 15) is 9.59 Å². The van der Waals surface area contributed by atoms with Gasteiger partial charge < -0.3 is 15.2 Å². The van der Waals surface area contributed by atoms with Gasteiger partial charge in [-0.25, -0.2) is 4.79 Å². The largest absolute Gasteiger partial charge is 0.323 e. The maximum absolute atomic E-state index is 12.3. The smallest absolute Gasteiger partial charge is 0.316 e. The first kappa shape index (κ1) is 14.8. The lowest BCUT2D eigenvalue weighted by atomic mass is 10.1. The Kier molecular flexibility index (Phi) is 3.85. The quantitative estimate of drug-likeness (QED) is 0.761. The number of amides is 2. The zero-order valence-corrected chi connectivity index (χ0v) is 13.0. The van der Waals surface area contributed by atoms with Crippen LogP contribution >= 0.6 is 0 Å². The van der Waals surface area contributed by atoms with E-state index in [4.69, 9.17) is 0 Å². The third-order valence-electron chi connectivity index (χ3n) is 3.73. The number of benzene rings is 2. The molecular formula is C18H17N3O2. The average molecular weight is 307 g/mol. The topological polar surface area (TPSA) is 63.1 Å². The predicted octanol–water partition coefficient (Wildman–Crippen LogP) is 3.49. The molecule has 2 N–H and O–H groups in total. The first-order valence-corrected chi connectivity index (χ1v) is 7.28. The van der Waals surface area contributed by atoms with Gasteiger partial charge in [-0.05, 0) is 24.6 Å². The van der Waals surface area contributed by atoms with Crippen molar-refractivity contribution in [2.24, 2.45) is 7.05 Å². The zero-order chi connectivity index (χ0) is 16.4. The van der Waals surface area contributed by atoms with Crippen LogP contribution in [-0.4, -0.2) is 10.6 Å². The SMILES string of the molecule is Cc1ccccc1NC(=O)Nc1cn(C)c(=O)c2ccccc12.